The Bertz CT molecular complexity index is 920. The van der Waals surface area contributed by atoms with E-state index in [0.29, 0.717) is 5.76 Å². The molecule has 4 heteroatoms. The van der Waals surface area contributed by atoms with Crippen LogP contribution in [0.3, 0.4) is 0 Å². The van der Waals surface area contributed by atoms with Crippen molar-refractivity contribution in [1.82, 2.24) is 15.1 Å². The first-order chi connectivity index (χ1) is 10.3. The molecule has 0 unspecified atom stereocenters. The van der Waals surface area contributed by atoms with E-state index in [1.165, 1.54) is 10.8 Å². The second kappa shape index (κ2) is 4.59. The Morgan fingerprint density at radius 3 is 2.67 bits per heavy atom. The Hall–Kier alpha value is -2.88. The van der Waals surface area contributed by atoms with Crippen LogP contribution in [0, 0.1) is 6.92 Å². The lowest BCUT2D eigenvalue weighted by Gasteiger charge is -1.99. The number of hydrogen-bond acceptors (Lipinski definition) is 3. The number of imidazole rings is 1. The number of aromatic amines is 1. The SMILES string of the molecule is Cc1[nH]cnc1-c1cc(-c2ccc3ccccc3c2)no1. The predicted octanol–water partition coefficient (Wildman–Crippen LogP) is 4.19. The summed E-state index contributed by atoms with van der Waals surface area (Å²) < 4.78 is 5.42. The first kappa shape index (κ1) is 11.9. The van der Waals surface area contributed by atoms with E-state index in [2.05, 4.69) is 45.5 Å². The lowest BCUT2D eigenvalue weighted by Crippen LogP contribution is -1.78. The van der Waals surface area contributed by atoms with Crippen LogP contribution in [-0.2, 0) is 0 Å². The van der Waals surface area contributed by atoms with Gasteiger partial charge in [0.1, 0.15) is 11.4 Å². The largest absolute Gasteiger partial charge is 0.354 e. The highest BCUT2D eigenvalue weighted by Gasteiger charge is 2.12. The molecule has 1 N–H and O–H groups in total. The minimum Gasteiger partial charge on any atom is -0.354 e. The molecule has 21 heavy (non-hydrogen) atoms. The van der Waals surface area contributed by atoms with Crippen molar-refractivity contribution in [1.29, 1.82) is 0 Å². The smallest absolute Gasteiger partial charge is 0.187 e. The van der Waals surface area contributed by atoms with Gasteiger partial charge in [-0.25, -0.2) is 4.98 Å². The van der Waals surface area contributed by atoms with E-state index >= 15 is 0 Å². The molecule has 0 aliphatic heterocycles. The normalized spacial score (nSPS) is 11.1. The van der Waals surface area contributed by atoms with Crippen molar-refractivity contribution in [3.63, 3.8) is 0 Å². The van der Waals surface area contributed by atoms with Crippen LogP contribution in [0.5, 0.6) is 0 Å². The van der Waals surface area contributed by atoms with Crippen LogP contribution in [-0.4, -0.2) is 15.1 Å². The van der Waals surface area contributed by atoms with E-state index in [9.17, 15) is 0 Å². The lowest BCUT2D eigenvalue weighted by atomic mass is 10.0. The summed E-state index contributed by atoms with van der Waals surface area (Å²) in [6.07, 6.45) is 1.66. The third kappa shape index (κ3) is 2.01. The van der Waals surface area contributed by atoms with Crippen LogP contribution in [0.1, 0.15) is 5.69 Å². The molecule has 2 aromatic carbocycles. The molecule has 2 aromatic heterocycles. The summed E-state index contributed by atoms with van der Waals surface area (Å²) in [4.78, 5) is 7.30. The molecule has 0 aliphatic rings. The molecular formula is C17H13N3O. The van der Waals surface area contributed by atoms with Gasteiger partial charge in [0.15, 0.2) is 5.76 Å². The highest BCUT2D eigenvalue weighted by molar-refractivity contribution is 5.87. The van der Waals surface area contributed by atoms with E-state index in [-0.39, 0.29) is 0 Å². The number of H-pyrrole nitrogens is 1. The molecule has 0 atom stereocenters. The van der Waals surface area contributed by atoms with E-state index in [1.54, 1.807) is 6.33 Å². The van der Waals surface area contributed by atoms with Gasteiger partial charge in [-0.3, -0.25) is 0 Å². The molecule has 0 fully saturated rings. The van der Waals surface area contributed by atoms with Crippen molar-refractivity contribution >= 4 is 10.8 Å². The molecule has 0 amide bonds. The van der Waals surface area contributed by atoms with Gasteiger partial charge in [0.25, 0.3) is 0 Å². The number of nitrogens with zero attached hydrogens (tertiary/aromatic N) is 2. The lowest BCUT2D eigenvalue weighted by molar-refractivity contribution is 0.433. The van der Waals surface area contributed by atoms with E-state index in [0.717, 1.165) is 22.6 Å². The van der Waals surface area contributed by atoms with Crippen molar-refractivity contribution in [3.05, 3.63) is 60.6 Å². The molecule has 4 nitrogen and oxygen atoms in total. The van der Waals surface area contributed by atoms with Crippen LogP contribution in [0.25, 0.3) is 33.5 Å². The van der Waals surface area contributed by atoms with Crippen molar-refractivity contribution in [2.75, 3.05) is 0 Å². The predicted molar refractivity (Wildman–Crippen MR) is 81.8 cm³/mol. The average molecular weight is 275 g/mol. The number of rotatable bonds is 2. The van der Waals surface area contributed by atoms with Crippen molar-refractivity contribution < 1.29 is 4.52 Å². The monoisotopic (exact) mass is 275 g/mol. The Morgan fingerprint density at radius 2 is 1.86 bits per heavy atom. The average Bonchev–Trinajstić information content (AvgIpc) is 3.15. The molecule has 0 radical (unpaired) electrons. The summed E-state index contributed by atoms with van der Waals surface area (Å²) >= 11 is 0. The maximum Gasteiger partial charge on any atom is 0.187 e. The van der Waals surface area contributed by atoms with Gasteiger partial charge in [-0.2, -0.15) is 0 Å². The van der Waals surface area contributed by atoms with Gasteiger partial charge in [-0.15, -0.1) is 0 Å². The number of aryl methyl sites for hydroxylation is 1. The third-order valence-electron chi connectivity index (χ3n) is 3.62. The van der Waals surface area contributed by atoms with Gasteiger partial charge in [0.05, 0.1) is 6.33 Å². The highest BCUT2D eigenvalue weighted by atomic mass is 16.5. The molecule has 0 spiro atoms. The Balaban J connectivity index is 1.79. The Morgan fingerprint density at radius 1 is 1.00 bits per heavy atom. The maximum absolute atomic E-state index is 5.42. The van der Waals surface area contributed by atoms with Crippen LogP contribution >= 0.6 is 0 Å². The number of nitrogens with one attached hydrogen (secondary N) is 1. The van der Waals surface area contributed by atoms with Gasteiger partial charge < -0.3 is 9.51 Å². The zero-order valence-corrected chi connectivity index (χ0v) is 11.5. The number of aromatic nitrogens is 3. The Labute approximate surface area is 121 Å². The summed E-state index contributed by atoms with van der Waals surface area (Å²) in [6.45, 7) is 1.96. The van der Waals surface area contributed by atoms with E-state index in [4.69, 9.17) is 4.52 Å². The van der Waals surface area contributed by atoms with Crippen molar-refractivity contribution in [3.8, 4) is 22.7 Å². The quantitative estimate of drug-likeness (QED) is 0.596. The first-order valence-corrected chi connectivity index (χ1v) is 6.77. The summed E-state index contributed by atoms with van der Waals surface area (Å²) in [7, 11) is 0. The fourth-order valence-corrected chi connectivity index (χ4v) is 2.48. The van der Waals surface area contributed by atoms with Crippen LogP contribution < -0.4 is 0 Å². The number of hydrogen-bond donors (Lipinski definition) is 1. The molecule has 102 valence electrons. The molecule has 0 aliphatic carbocycles. The molecule has 0 bridgehead atoms. The second-order valence-corrected chi connectivity index (χ2v) is 5.01. The first-order valence-electron chi connectivity index (χ1n) is 6.77. The Kier molecular flexibility index (Phi) is 2.60. The van der Waals surface area contributed by atoms with Gasteiger partial charge >= 0.3 is 0 Å². The maximum atomic E-state index is 5.42. The third-order valence-corrected chi connectivity index (χ3v) is 3.62. The number of benzene rings is 2. The summed E-state index contributed by atoms with van der Waals surface area (Å²) in [5, 5.41) is 6.57. The van der Waals surface area contributed by atoms with Gasteiger partial charge in [0, 0.05) is 17.3 Å². The van der Waals surface area contributed by atoms with E-state index in [1.807, 2.05) is 25.1 Å². The summed E-state index contributed by atoms with van der Waals surface area (Å²) in [5.74, 6) is 0.678. The van der Waals surface area contributed by atoms with Crippen LogP contribution in [0.2, 0.25) is 0 Å². The van der Waals surface area contributed by atoms with Gasteiger partial charge in [0.2, 0.25) is 0 Å². The van der Waals surface area contributed by atoms with Crippen LogP contribution in [0.4, 0.5) is 0 Å². The van der Waals surface area contributed by atoms with Gasteiger partial charge in [-0.05, 0) is 23.8 Å². The highest BCUT2D eigenvalue weighted by Crippen LogP contribution is 2.28. The van der Waals surface area contributed by atoms with Gasteiger partial charge in [-0.1, -0.05) is 41.6 Å². The molecule has 4 rings (SSSR count). The van der Waals surface area contributed by atoms with E-state index < -0.39 is 0 Å². The zero-order valence-electron chi connectivity index (χ0n) is 11.5. The summed E-state index contributed by atoms with van der Waals surface area (Å²) in [6, 6.07) is 16.5. The second-order valence-electron chi connectivity index (χ2n) is 5.01. The fraction of sp³-hybridized carbons (Fsp3) is 0.0588. The standard InChI is InChI=1S/C17H13N3O/c1-11-17(19-10-18-11)16-9-15(20-21-16)14-7-6-12-4-2-3-5-13(12)8-14/h2-10H,1H3,(H,18,19). The molecule has 0 saturated heterocycles. The molecular weight excluding hydrogens is 262 g/mol. The minimum absolute atomic E-state index is 0.678. The minimum atomic E-state index is 0.678. The molecule has 4 aromatic rings. The molecule has 0 saturated carbocycles. The zero-order chi connectivity index (χ0) is 14.2. The van der Waals surface area contributed by atoms with Crippen LogP contribution in [0.15, 0.2) is 59.4 Å². The van der Waals surface area contributed by atoms with Crippen molar-refractivity contribution in [2.45, 2.75) is 6.92 Å². The van der Waals surface area contributed by atoms with Crippen molar-refractivity contribution in [2.24, 2.45) is 0 Å². The molecule has 2 heterocycles. The number of fused-ring (bicyclic) bond motifs is 1. The summed E-state index contributed by atoms with van der Waals surface area (Å²) in [5.41, 5.74) is 3.63. The fourth-order valence-electron chi connectivity index (χ4n) is 2.48. The topological polar surface area (TPSA) is 54.7 Å².